The largest absolute Gasteiger partial charge is 0.368 e. The van der Waals surface area contributed by atoms with E-state index < -0.39 is 6.29 Å². The van der Waals surface area contributed by atoms with Crippen LogP contribution in [0.5, 0.6) is 0 Å². The number of aliphatic hydroxyl groups excluding tert-OH is 1. The zero-order valence-electron chi connectivity index (χ0n) is 8.34. The maximum atomic E-state index is 9.25. The lowest BCUT2D eigenvalue weighted by molar-refractivity contribution is -0.0955. The van der Waals surface area contributed by atoms with Crippen molar-refractivity contribution in [3.05, 3.63) is 0 Å². The fourth-order valence-corrected chi connectivity index (χ4v) is 1.78. The highest BCUT2D eigenvalue weighted by Crippen LogP contribution is 2.34. The lowest BCUT2D eigenvalue weighted by Gasteiger charge is -2.29. The van der Waals surface area contributed by atoms with E-state index in [1.165, 1.54) is 0 Å². The molecule has 0 saturated carbocycles. The molecule has 2 unspecified atom stereocenters. The highest BCUT2D eigenvalue weighted by Gasteiger charge is 2.27. The van der Waals surface area contributed by atoms with Gasteiger partial charge in [-0.05, 0) is 30.6 Å². The summed E-state index contributed by atoms with van der Waals surface area (Å²) in [4.78, 5) is 0. The van der Waals surface area contributed by atoms with Crippen molar-refractivity contribution in [1.82, 2.24) is 0 Å². The van der Waals surface area contributed by atoms with Gasteiger partial charge in [0.2, 0.25) is 0 Å². The summed E-state index contributed by atoms with van der Waals surface area (Å²) in [5, 5.41) is 9.25. The standard InChI is InChI=1S/C10H20O2/c1-10(2,3)8-4-5-9(11)12-7-6-8/h8-9,11H,4-7H2,1-3H3. The fraction of sp³-hybridized carbons (Fsp3) is 1.00. The maximum Gasteiger partial charge on any atom is 0.154 e. The summed E-state index contributed by atoms with van der Waals surface area (Å²) in [5.41, 5.74) is 0.355. The Hall–Kier alpha value is -0.0800. The topological polar surface area (TPSA) is 29.5 Å². The van der Waals surface area contributed by atoms with Gasteiger partial charge in [0.25, 0.3) is 0 Å². The molecule has 1 N–H and O–H groups in total. The van der Waals surface area contributed by atoms with Gasteiger partial charge in [0.15, 0.2) is 6.29 Å². The summed E-state index contributed by atoms with van der Waals surface area (Å²) < 4.78 is 5.18. The summed E-state index contributed by atoms with van der Waals surface area (Å²) >= 11 is 0. The van der Waals surface area contributed by atoms with Crippen LogP contribution >= 0.6 is 0 Å². The molecule has 1 saturated heterocycles. The molecule has 0 bridgehead atoms. The zero-order valence-corrected chi connectivity index (χ0v) is 8.34. The third kappa shape index (κ3) is 2.76. The van der Waals surface area contributed by atoms with E-state index in [9.17, 15) is 5.11 Å². The van der Waals surface area contributed by atoms with Crippen LogP contribution in [0.15, 0.2) is 0 Å². The lowest BCUT2D eigenvalue weighted by atomic mass is 9.77. The predicted molar refractivity (Wildman–Crippen MR) is 48.8 cm³/mol. The molecule has 1 rings (SSSR count). The SMILES string of the molecule is CC(C)(C)C1CCOC(O)CC1. The van der Waals surface area contributed by atoms with Crippen molar-refractivity contribution in [2.45, 2.75) is 46.3 Å². The van der Waals surface area contributed by atoms with Gasteiger partial charge in [-0.2, -0.15) is 0 Å². The van der Waals surface area contributed by atoms with Crippen LogP contribution in [0.25, 0.3) is 0 Å². The van der Waals surface area contributed by atoms with Crippen molar-refractivity contribution < 1.29 is 9.84 Å². The van der Waals surface area contributed by atoms with E-state index in [-0.39, 0.29) is 0 Å². The van der Waals surface area contributed by atoms with E-state index in [0.717, 1.165) is 19.3 Å². The highest BCUT2D eigenvalue weighted by atomic mass is 16.6. The molecule has 2 nitrogen and oxygen atoms in total. The molecular formula is C10H20O2. The molecule has 0 spiro atoms. The van der Waals surface area contributed by atoms with E-state index in [4.69, 9.17) is 4.74 Å². The van der Waals surface area contributed by atoms with Gasteiger partial charge >= 0.3 is 0 Å². The van der Waals surface area contributed by atoms with Gasteiger partial charge in [-0.25, -0.2) is 0 Å². The van der Waals surface area contributed by atoms with Gasteiger partial charge in [0.1, 0.15) is 0 Å². The van der Waals surface area contributed by atoms with Crippen LogP contribution in [0.3, 0.4) is 0 Å². The third-order valence-electron chi connectivity index (χ3n) is 2.76. The second-order valence-corrected chi connectivity index (χ2v) is 4.75. The molecule has 0 amide bonds. The molecule has 0 aromatic rings. The number of rotatable bonds is 0. The first kappa shape index (κ1) is 10.0. The van der Waals surface area contributed by atoms with E-state index in [0.29, 0.717) is 17.9 Å². The van der Waals surface area contributed by atoms with Crippen LogP contribution in [-0.4, -0.2) is 18.0 Å². The first-order chi connectivity index (χ1) is 5.50. The number of hydrogen-bond donors (Lipinski definition) is 1. The maximum absolute atomic E-state index is 9.25. The molecule has 0 radical (unpaired) electrons. The van der Waals surface area contributed by atoms with Gasteiger partial charge in [-0.15, -0.1) is 0 Å². The van der Waals surface area contributed by atoms with Crippen molar-refractivity contribution in [1.29, 1.82) is 0 Å². The van der Waals surface area contributed by atoms with Gasteiger partial charge < -0.3 is 9.84 Å². The highest BCUT2D eigenvalue weighted by molar-refractivity contribution is 4.75. The molecule has 1 aliphatic heterocycles. The first-order valence-electron chi connectivity index (χ1n) is 4.80. The summed E-state index contributed by atoms with van der Waals surface area (Å²) in [6, 6.07) is 0. The van der Waals surface area contributed by atoms with Crippen LogP contribution in [0.1, 0.15) is 40.0 Å². The number of hydrogen-bond acceptors (Lipinski definition) is 2. The van der Waals surface area contributed by atoms with Crippen molar-refractivity contribution in [3.63, 3.8) is 0 Å². The third-order valence-corrected chi connectivity index (χ3v) is 2.76. The van der Waals surface area contributed by atoms with Crippen molar-refractivity contribution in [3.8, 4) is 0 Å². The van der Waals surface area contributed by atoms with Crippen LogP contribution in [0.2, 0.25) is 0 Å². The van der Waals surface area contributed by atoms with Crippen LogP contribution in [0, 0.1) is 11.3 Å². The first-order valence-corrected chi connectivity index (χ1v) is 4.80. The van der Waals surface area contributed by atoms with Crippen molar-refractivity contribution in [2.24, 2.45) is 11.3 Å². The average molecular weight is 172 g/mol. The smallest absolute Gasteiger partial charge is 0.154 e. The van der Waals surface area contributed by atoms with Gasteiger partial charge in [0.05, 0.1) is 6.61 Å². The molecule has 12 heavy (non-hydrogen) atoms. The molecule has 2 heteroatoms. The van der Waals surface area contributed by atoms with Crippen LogP contribution in [0.4, 0.5) is 0 Å². The van der Waals surface area contributed by atoms with Crippen molar-refractivity contribution in [2.75, 3.05) is 6.61 Å². The minimum absolute atomic E-state index is 0.355. The Morgan fingerprint density at radius 2 is 1.83 bits per heavy atom. The predicted octanol–water partition coefficient (Wildman–Crippen LogP) is 2.17. The number of aliphatic hydroxyl groups is 1. The van der Waals surface area contributed by atoms with E-state index in [1.807, 2.05) is 0 Å². The van der Waals surface area contributed by atoms with Crippen LogP contribution in [-0.2, 0) is 4.74 Å². The van der Waals surface area contributed by atoms with Gasteiger partial charge in [-0.3, -0.25) is 0 Å². The monoisotopic (exact) mass is 172 g/mol. The minimum Gasteiger partial charge on any atom is -0.368 e. The van der Waals surface area contributed by atoms with E-state index >= 15 is 0 Å². The molecule has 0 aliphatic carbocycles. The second kappa shape index (κ2) is 3.75. The summed E-state index contributed by atoms with van der Waals surface area (Å²) in [7, 11) is 0. The molecule has 0 aromatic carbocycles. The number of ether oxygens (including phenoxy) is 1. The Bertz CT molecular complexity index is 137. The molecule has 72 valence electrons. The summed E-state index contributed by atoms with van der Waals surface area (Å²) in [6.07, 6.45) is 2.45. The molecule has 1 fully saturated rings. The molecular weight excluding hydrogens is 152 g/mol. The summed E-state index contributed by atoms with van der Waals surface area (Å²) in [6.45, 7) is 7.49. The summed E-state index contributed by atoms with van der Waals surface area (Å²) in [5.74, 6) is 0.689. The molecule has 2 atom stereocenters. The molecule has 1 heterocycles. The van der Waals surface area contributed by atoms with E-state index in [2.05, 4.69) is 20.8 Å². The normalized spacial score (nSPS) is 33.0. The Labute approximate surface area is 74.9 Å². The quantitative estimate of drug-likeness (QED) is 0.606. The average Bonchev–Trinajstić information content (AvgIpc) is 2.11. The lowest BCUT2D eigenvalue weighted by Crippen LogP contribution is -2.20. The second-order valence-electron chi connectivity index (χ2n) is 4.75. The zero-order chi connectivity index (χ0) is 9.19. The van der Waals surface area contributed by atoms with Crippen molar-refractivity contribution >= 4 is 0 Å². The Kier molecular flexibility index (Phi) is 3.13. The fourth-order valence-electron chi connectivity index (χ4n) is 1.78. The Balaban J connectivity index is 2.46. The van der Waals surface area contributed by atoms with Gasteiger partial charge in [0, 0.05) is 0 Å². The molecule has 0 aromatic heterocycles. The van der Waals surface area contributed by atoms with Gasteiger partial charge in [-0.1, -0.05) is 20.8 Å². The Morgan fingerprint density at radius 3 is 2.42 bits per heavy atom. The Morgan fingerprint density at radius 1 is 1.17 bits per heavy atom. The molecule has 1 aliphatic rings. The van der Waals surface area contributed by atoms with E-state index in [1.54, 1.807) is 0 Å². The van der Waals surface area contributed by atoms with Crippen LogP contribution < -0.4 is 0 Å². The minimum atomic E-state index is -0.516.